The predicted octanol–water partition coefficient (Wildman–Crippen LogP) is 1.49. The molecule has 0 spiro atoms. The Hall–Kier alpha value is -3.37. The molecule has 0 aliphatic carbocycles. The number of likely N-dealkylation sites (N-methyl/N-ethyl adjacent to an activating group) is 1. The lowest BCUT2D eigenvalue weighted by Crippen LogP contribution is -2.23. The van der Waals surface area contributed by atoms with Crippen molar-refractivity contribution in [1.29, 1.82) is 0 Å². The largest absolute Gasteiger partial charge is 0.423 e. The maximum absolute atomic E-state index is 11.6. The van der Waals surface area contributed by atoms with Gasteiger partial charge in [0, 0.05) is 13.0 Å². The van der Waals surface area contributed by atoms with E-state index in [1.54, 1.807) is 43.4 Å². The number of nitrogen functional groups attached to an aromatic ring is 1. The number of ether oxygens (including phenoxy) is 1. The minimum atomic E-state index is -0.445. The summed E-state index contributed by atoms with van der Waals surface area (Å²) in [6.07, 6.45) is 0.187. The summed E-state index contributed by atoms with van der Waals surface area (Å²) >= 11 is 0. The van der Waals surface area contributed by atoms with Gasteiger partial charge in [0.25, 0.3) is 0 Å². The topological polar surface area (TPSA) is 157 Å². The first-order chi connectivity index (χ1) is 13.0. The predicted molar refractivity (Wildman–Crippen MR) is 101 cm³/mol. The second-order valence-corrected chi connectivity index (χ2v) is 5.36. The molecule has 0 aliphatic rings. The summed E-state index contributed by atoms with van der Waals surface area (Å²) in [4.78, 5) is 27.2. The monoisotopic (exact) mass is 371 g/mol. The molecule has 0 fully saturated rings. The molecule has 1 heterocycles. The number of nitrogens with zero attached hydrogens (tertiary/aromatic N) is 3. The van der Waals surface area contributed by atoms with Crippen molar-refractivity contribution < 1.29 is 14.3 Å². The van der Waals surface area contributed by atoms with Crippen molar-refractivity contribution in [3.8, 4) is 5.75 Å². The smallest absolute Gasteiger partial charge is 0.325 e. The first-order valence-corrected chi connectivity index (χ1v) is 8.16. The SMILES string of the molecule is CNCC(=O)Oc1ccccc1N=Nc1ccc(NC(=O)CCN)nc1N. The third kappa shape index (κ3) is 6.13. The maximum atomic E-state index is 11.6. The molecule has 0 saturated carbocycles. The number of anilines is 2. The number of hydrogen-bond donors (Lipinski definition) is 4. The Labute approximate surface area is 156 Å². The van der Waals surface area contributed by atoms with Crippen molar-refractivity contribution >= 4 is 34.9 Å². The van der Waals surface area contributed by atoms with Crippen molar-refractivity contribution in [1.82, 2.24) is 10.3 Å². The quantitative estimate of drug-likeness (QED) is 0.311. The van der Waals surface area contributed by atoms with Gasteiger partial charge in [0.15, 0.2) is 11.6 Å². The van der Waals surface area contributed by atoms with Gasteiger partial charge in [-0.2, -0.15) is 0 Å². The number of para-hydroxylation sites is 1. The van der Waals surface area contributed by atoms with Crippen LogP contribution in [0.1, 0.15) is 6.42 Å². The molecule has 0 bridgehead atoms. The number of amides is 1. The average Bonchev–Trinajstić information content (AvgIpc) is 2.62. The van der Waals surface area contributed by atoms with Crippen LogP contribution in [0.25, 0.3) is 0 Å². The van der Waals surface area contributed by atoms with Crippen molar-refractivity contribution in [3.63, 3.8) is 0 Å². The van der Waals surface area contributed by atoms with E-state index >= 15 is 0 Å². The second-order valence-electron chi connectivity index (χ2n) is 5.36. The maximum Gasteiger partial charge on any atom is 0.325 e. The van der Waals surface area contributed by atoms with Crippen LogP contribution < -0.4 is 26.8 Å². The number of aromatic nitrogens is 1. The van der Waals surface area contributed by atoms with Gasteiger partial charge in [-0.25, -0.2) is 4.98 Å². The Kier molecular flexibility index (Phi) is 7.35. The average molecular weight is 371 g/mol. The van der Waals surface area contributed by atoms with Crippen LogP contribution in [0.4, 0.5) is 23.0 Å². The minimum Gasteiger partial charge on any atom is -0.423 e. The Morgan fingerprint density at radius 2 is 1.89 bits per heavy atom. The molecule has 2 aromatic rings. The molecule has 2 rings (SSSR count). The highest BCUT2D eigenvalue weighted by molar-refractivity contribution is 5.90. The van der Waals surface area contributed by atoms with Gasteiger partial charge in [-0.05, 0) is 31.3 Å². The number of carbonyl (C=O) groups is 2. The van der Waals surface area contributed by atoms with Crippen LogP contribution in [-0.2, 0) is 9.59 Å². The molecular formula is C17H21N7O3. The number of hydrogen-bond acceptors (Lipinski definition) is 9. The number of nitrogens with two attached hydrogens (primary N) is 2. The van der Waals surface area contributed by atoms with E-state index in [2.05, 4.69) is 25.8 Å². The molecule has 1 aromatic heterocycles. The molecule has 6 N–H and O–H groups in total. The first-order valence-electron chi connectivity index (χ1n) is 8.16. The first kappa shape index (κ1) is 19.9. The van der Waals surface area contributed by atoms with Crippen molar-refractivity contribution in [3.05, 3.63) is 36.4 Å². The van der Waals surface area contributed by atoms with E-state index in [4.69, 9.17) is 16.2 Å². The summed E-state index contributed by atoms with van der Waals surface area (Å²) in [5.74, 6) is -0.0334. The van der Waals surface area contributed by atoms with E-state index in [1.165, 1.54) is 0 Å². The van der Waals surface area contributed by atoms with E-state index in [0.29, 0.717) is 17.2 Å². The zero-order chi connectivity index (χ0) is 19.6. The lowest BCUT2D eigenvalue weighted by Gasteiger charge is -2.07. The van der Waals surface area contributed by atoms with Crippen LogP contribution in [0.3, 0.4) is 0 Å². The summed E-state index contributed by atoms with van der Waals surface area (Å²) < 4.78 is 5.23. The van der Waals surface area contributed by atoms with E-state index in [-0.39, 0.29) is 37.0 Å². The molecule has 10 nitrogen and oxygen atoms in total. The van der Waals surface area contributed by atoms with Gasteiger partial charge in [0.1, 0.15) is 17.2 Å². The molecule has 1 aromatic carbocycles. The number of pyridine rings is 1. The number of esters is 1. The lowest BCUT2D eigenvalue weighted by molar-refractivity contribution is -0.133. The fourth-order valence-corrected chi connectivity index (χ4v) is 2.00. The zero-order valence-corrected chi connectivity index (χ0v) is 14.8. The van der Waals surface area contributed by atoms with E-state index < -0.39 is 5.97 Å². The van der Waals surface area contributed by atoms with Gasteiger partial charge in [-0.3, -0.25) is 9.59 Å². The molecule has 0 unspecified atom stereocenters. The standard InChI is InChI=1S/C17H21N7O3/c1-20-10-16(26)27-13-5-3-2-4-11(13)23-24-12-6-7-14(22-17(12)19)21-15(25)8-9-18/h2-7,20H,8-10,18H2,1H3,(H3,19,21,22,25). The van der Waals surface area contributed by atoms with Gasteiger partial charge in [0.05, 0.1) is 6.54 Å². The van der Waals surface area contributed by atoms with E-state index in [0.717, 1.165) is 0 Å². The van der Waals surface area contributed by atoms with E-state index in [9.17, 15) is 9.59 Å². The molecule has 142 valence electrons. The lowest BCUT2D eigenvalue weighted by atomic mass is 10.3. The van der Waals surface area contributed by atoms with Crippen LogP contribution in [0, 0.1) is 0 Å². The van der Waals surface area contributed by atoms with Crippen LogP contribution >= 0.6 is 0 Å². The number of benzene rings is 1. The Balaban J connectivity index is 2.14. The Morgan fingerprint density at radius 1 is 1.15 bits per heavy atom. The molecular weight excluding hydrogens is 350 g/mol. The van der Waals surface area contributed by atoms with Crippen LogP contribution in [0.5, 0.6) is 5.75 Å². The Bertz CT molecular complexity index is 839. The fourth-order valence-electron chi connectivity index (χ4n) is 2.00. The molecule has 0 atom stereocenters. The minimum absolute atomic E-state index is 0.0691. The van der Waals surface area contributed by atoms with Gasteiger partial charge in [-0.1, -0.05) is 12.1 Å². The highest BCUT2D eigenvalue weighted by Crippen LogP contribution is 2.30. The van der Waals surface area contributed by atoms with Crippen molar-refractivity contribution in [2.45, 2.75) is 6.42 Å². The number of rotatable bonds is 8. The summed E-state index contributed by atoms with van der Waals surface area (Å²) in [7, 11) is 1.64. The zero-order valence-electron chi connectivity index (χ0n) is 14.8. The van der Waals surface area contributed by atoms with E-state index in [1.807, 2.05) is 0 Å². The van der Waals surface area contributed by atoms with Crippen LogP contribution in [0.2, 0.25) is 0 Å². The second kappa shape index (κ2) is 9.94. The summed E-state index contributed by atoms with van der Waals surface area (Å²) in [5, 5.41) is 13.4. The third-order valence-electron chi connectivity index (χ3n) is 3.22. The third-order valence-corrected chi connectivity index (χ3v) is 3.22. The highest BCUT2D eigenvalue weighted by atomic mass is 16.5. The number of nitrogens with one attached hydrogen (secondary N) is 2. The van der Waals surface area contributed by atoms with Gasteiger partial charge >= 0.3 is 5.97 Å². The van der Waals surface area contributed by atoms with Crippen LogP contribution in [-0.4, -0.2) is 37.0 Å². The van der Waals surface area contributed by atoms with Gasteiger partial charge in [-0.15, -0.1) is 10.2 Å². The Morgan fingerprint density at radius 3 is 2.59 bits per heavy atom. The van der Waals surface area contributed by atoms with Crippen LogP contribution in [0.15, 0.2) is 46.6 Å². The molecule has 1 amide bonds. The van der Waals surface area contributed by atoms with Gasteiger partial charge in [0.2, 0.25) is 5.91 Å². The van der Waals surface area contributed by atoms with Gasteiger partial charge < -0.3 is 26.8 Å². The number of azo groups is 1. The summed E-state index contributed by atoms with van der Waals surface area (Å²) in [5.41, 5.74) is 11.9. The molecule has 10 heteroatoms. The van der Waals surface area contributed by atoms with Crippen molar-refractivity contribution in [2.75, 3.05) is 31.2 Å². The fraction of sp³-hybridized carbons (Fsp3) is 0.235. The van der Waals surface area contributed by atoms with Crippen molar-refractivity contribution in [2.24, 2.45) is 16.0 Å². The molecule has 0 radical (unpaired) electrons. The molecule has 0 saturated heterocycles. The summed E-state index contributed by atoms with van der Waals surface area (Å²) in [6.45, 7) is 0.311. The molecule has 0 aliphatic heterocycles. The normalized spacial score (nSPS) is 10.7. The highest BCUT2D eigenvalue weighted by Gasteiger charge is 2.09. The number of carbonyl (C=O) groups excluding carboxylic acids is 2. The molecule has 27 heavy (non-hydrogen) atoms. The summed E-state index contributed by atoms with van der Waals surface area (Å²) in [6, 6.07) is 9.84.